The van der Waals surface area contributed by atoms with E-state index in [1.165, 1.54) is 17.4 Å². The monoisotopic (exact) mass is 300 g/mol. The Kier molecular flexibility index (Phi) is 3.68. The van der Waals surface area contributed by atoms with Crippen molar-refractivity contribution in [2.24, 2.45) is 5.73 Å². The smallest absolute Gasteiger partial charge is 0.133 e. The predicted octanol–water partition coefficient (Wildman–Crippen LogP) is 3.21. The lowest BCUT2D eigenvalue weighted by Crippen LogP contribution is -2.01. The maximum atomic E-state index is 13.5. The topological polar surface area (TPSA) is 38.9 Å². The second-order valence-electron chi connectivity index (χ2n) is 3.25. The van der Waals surface area contributed by atoms with E-state index in [1.54, 1.807) is 18.2 Å². The molecule has 2 aromatic rings. The molecule has 0 saturated carbocycles. The van der Waals surface area contributed by atoms with Crippen molar-refractivity contribution >= 4 is 27.3 Å². The largest absolute Gasteiger partial charge is 0.330 e. The van der Waals surface area contributed by atoms with Crippen LogP contribution >= 0.6 is 27.3 Å². The summed E-state index contributed by atoms with van der Waals surface area (Å²) < 4.78 is 14.3. The van der Waals surface area contributed by atoms with Gasteiger partial charge in [0.25, 0.3) is 0 Å². The Morgan fingerprint density at radius 2 is 2.12 bits per heavy atom. The first-order chi connectivity index (χ1) is 7.72. The quantitative estimate of drug-likeness (QED) is 0.945. The van der Waals surface area contributed by atoms with Crippen LogP contribution in [0.3, 0.4) is 0 Å². The van der Waals surface area contributed by atoms with E-state index >= 15 is 0 Å². The van der Waals surface area contributed by atoms with E-state index < -0.39 is 0 Å². The van der Waals surface area contributed by atoms with Gasteiger partial charge in [0.15, 0.2) is 0 Å². The summed E-state index contributed by atoms with van der Waals surface area (Å²) in [5.41, 5.74) is 6.03. The third-order valence-electron chi connectivity index (χ3n) is 2.13. The molecule has 0 radical (unpaired) electrons. The summed E-state index contributed by atoms with van der Waals surface area (Å²) in [5, 5.41) is 0.688. The third-order valence-corrected chi connectivity index (χ3v) is 4.19. The Morgan fingerprint density at radius 1 is 1.38 bits per heavy atom. The zero-order chi connectivity index (χ0) is 11.5. The first kappa shape index (κ1) is 11.7. The summed E-state index contributed by atoms with van der Waals surface area (Å²) in [4.78, 5) is 5.36. The number of hydrogen-bond donors (Lipinski definition) is 1. The van der Waals surface area contributed by atoms with Gasteiger partial charge in [-0.1, -0.05) is 12.1 Å². The predicted molar refractivity (Wildman–Crippen MR) is 68.0 cm³/mol. The van der Waals surface area contributed by atoms with Gasteiger partial charge in [-0.15, -0.1) is 11.3 Å². The van der Waals surface area contributed by atoms with Crippen molar-refractivity contribution in [2.45, 2.75) is 6.42 Å². The van der Waals surface area contributed by atoms with Gasteiger partial charge in [0.1, 0.15) is 15.4 Å². The summed E-state index contributed by atoms with van der Waals surface area (Å²) in [7, 11) is 0. The zero-order valence-electron chi connectivity index (χ0n) is 8.41. The first-order valence-electron chi connectivity index (χ1n) is 4.82. The van der Waals surface area contributed by atoms with Crippen LogP contribution in [-0.2, 0) is 6.42 Å². The molecule has 2 nitrogen and oxygen atoms in total. The van der Waals surface area contributed by atoms with Crippen LogP contribution in [0.15, 0.2) is 28.9 Å². The van der Waals surface area contributed by atoms with Crippen molar-refractivity contribution in [3.05, 3.63) is 39.6 Å². The minimum Gasteiger partial charge on any atom is -0.330 e. The number of halogens is 2. The van der Waals surface area contributed by atoms with Crippen LogP contribution in [0.25, 0.3) is 10.6 Å². The van der Waals surface area contributed by atoms with E-state index in [4.69, 9.17) is 5.73 Å². The van der Waals surface area contributed by atoms with Crippen molar-refractivity contribution in [3.8, 4) is 10.6 Å². The van der Waals surface area contributed by atoms with Crippen molar-refractivity contribution in [3.63, 3.8) is 0 Å². The van der Waals surface area contributed by atoms with E-state index in [1.807, 2.05) is 0 Å². The van der Waals surface area contributed by atoms with Gasteiger partial charge < -0.3 is 5.73 Å². The number of rotatable bonds is 3. The van der Waals surface area contributed by atoms with Crippen molar-refractivity contribution < 1.29 is 4.39 Å². The molecule has 0 aliphatic heterocycles. The molecule has 0 aliphatic rings. The maximum Gasteiger partial charge on any atom is 0.133 e. The third kappa shape index (κ3) is 2.31. The second-order valence-corrected chi connectivity index (χ2v) is 5.09. The second kappa shape index (κ2) is 5.03. The van der Waals surface area contributed by atoms with E-state index in [2.05, 4.69) is 20.9 Å². The van der Waals surface area contributed by atoms with Crippen LogP contribution in [0.4, 0.5) is 4.39 Å². The molecule has 1 heterocycles. The first-order valence-corrected chi connectivity index (χ1v) is 6.43. The lowest BCUT2D eigenvalue weighted by molar-refractivity contribution is 0.631. The van der Waals surface area contributed by atoms with Gasteiger partial charge in [-0.05, 0) is 41.0 Å². The number of nitrogens with zero attached hydrogens (tertiary/aromatic N) is 1. The van der Waals surface area contributed by atoms with E-state index in [0.29, 0.717) is 17.1 Å². The van der Waals surface area contributed by atoms with E-state index in [-0.39, 0.29) is 5.82 Å². The van der Waals surface area contributed by atoms with Gasteiger partial charge >= 0.3 is 0 Å². The molecule has 0 spiro atoms. The van der Waals surface area contributed by atoms with Crippen molar-refractivity contribution in [1.29, 1.82) is 0 Å². The summed E-state index contributed by atoms with van der Waals surface area (Å²) >= 11 is 4.83. The highest BCUT2D eigenvalue weighted by Gasteiger charge is 2.12. The Hall–Kier alpha value is -0.780. The molecule has 0 fully saturated rings. The maximum absolute atomic E-state index is 13.5. The van der Waals surface area contributed by atoms with Crippen LogP contribution < -0.4 is 5.73 Å². The standard InChI is InChI=1S/C11H10BrFN2S/c12-10-9(5-6-14)16-11(15-10)7-3-1-2-4-8(7)13/h1-4H,5-6,14H2. The highest BCUT2D eigenvalue weighted by atomic mass is 79.9. The van der Waals surface area contributed by atoms with E-state index in [9.17, 15) is 4.39 Å². The average molecular weight is 301 g/mol. The molecule has 0 bridgehead atoms. The molecule has 16 heavy (non-hydrogen) atoms. The lowest BCUT2D eigenvalue weighted by atomic mass is 10.2. The molecule has 0 aliphatic carbocycles. The number of thiazole rings is 1. The molecule has 0 amide bonds. The van der Waals surface area contributed by atoms with Gasteiger partial charge in [0.05, 0.1) is 0 Å². The highest BCUT2D eigenvalue weighted by Crippen LogP contribution is 2.32. The lowest BCUT2D eigenvalue weighted by Gasteiger charge is -1.96. The molecule has 0 atom stereocenters. The summed E-state index contributed by atoms with van der Waals surface area (Å²) in [6.45, 7) is 0.567. The summed E-state index contributed by atoms with van der Waals surface area (Å²) in [6.07, 6.45) is 0.757. The summed E-state index contributed by atoms with van der Waals surface area (Å²) in [6, 6.07) is 6.64. The van der Waals surface area contributed by atoms with Gasteiger partial charge in [-0.3, -0.25) is 0 Å². The number of aromatic nitrogens is 1. The molecule has 5 heteroatoms. The van der Waals surface area contributed by atoms with Gasteiger partial charge in [0, 0.05) is 10.4 Å². The molecular weight excluding hydrogens is 291 g/mol. The Labute approximate surface area is 105 Å². The highest BCUT2D eigenvalue weighted by molar-refractivity contribution is 9.10. The Balaban J connectivity index is 2.42. The molecule has 0 unspecified atom stereocenters. The Bertz CT molecular complexity index is 498. The minimum absolute atomic E-state index is 0.247. The van der Waals surface area contributed by atoms with Crippen molar-refractivity contribution in [2.75, 3.05) is 6.54 Å². The summed E-state index contributed by atoms with van der Waals surface area (Å²) in [5.74, 6) is -0.247. The normalized spacial score (nSPS) is 10.7. The fraction of sp³-hybridized carbons (Fsp3) is 0.182. The van der Waals surface area contributed by atoms with E-state index in [0.717, 1.165) is 15.9 Å². The molecule has 2 N–H and O–H groups in total. The number of hydrogen-bond acceptors (Lipinski definition) is 3. The van der Waals surface area contributed by atoms with Crippen LogP contribution in [-0.4, -0.2) is 11.5 Å². The molecule has 1 aromatic heterocycles. The fourth-order valence-corrected chi connectivity index (χ4v) is 3.10. The average Bonchev–Trinajstić information content (AvgIpc) is 2.61. The molecule has 1 aromatic carbocycles. The minimum atomic E-state index is -0.247. The van der Waals surface area contributed by atoms with Crippen molar-refractivity contribution in [1.82, 2.24) is 4.98 Å². The molecular formula is C11H10BrFN2S. The van der Waals surface area contributed by atoms with Crippen LogP contribution in [0.2, 0.25) is 0 Å². The van der Waals surface area contributed by atoms with Gasteiger partial charge in [-0.25, -0.2) is 9.37 Å². The van der Waals surface area contributed by atoms with Crippen LogP contribution in [0.1, 0.15) is 4.88 Å². The number of nitrogens with two attached hydrogens (primary N) is 1. The SMILES string of the molecule is NCCc1sc(-c2ccccc2F)nc1Br. The molecule has 2 rings (SSSR count). The van der Waals surface area contributed by atoms with Crippen LogP contribution in [0, 0.1) is 5.82 Å². The van der Waals surface area contributed by atoms with Crippen LogP contribution in [0.5, 0.6) is 0 Å². The number of benzene rings is 1. The fourth-order valence-electron chi connectivity index (χ4n) is 1.37. The molecule has 0 saturated heterocycles. The van der Waals surface area contributed by atoms with Gasteiger partial charge in [0.2, 0.25) is 0 Å². The zero-order valence-corrected chi connectivity index (χ0v) is 10.8. The Morgan fingerprint density at radius 3 is 2.81 bits per heavy atom. The molecule has 84 valence electrons. The van der Waals surface area contributed by atoms with Gasteiger partial charge in [-0.2, -0.15) is 0 Å².